The molecule has 0 atom stereocenters. The van der Waals surface area contributed by atoms with E-state index in [1.54, 1.807) is 12.1 Å². The molecule has 1 aromatic carbocycles. The number of carboxylic acid groups (broad SMARTS) is 1. The van der Waals surface area contributed by atoms with Gasteiger partial charge in [0.15, 0.2) is 17.3 Å². The number of rotatable bonds is 3. The Morgan fingerprint density at radius 3 is 2.42 bits per heavy atom. The minimum atomic E-state index is -1.10. The molecule has 1 aliphatic rings. The molecule has 0 spiro atoms. The summed E-state index contributed by atoms with van der Waals surface area (Å²) in [6, 6.07) is 3.37. The van der Waals surface area contributed by atoms with Crippen molar-refractivity contribution in [3.63, 3.8) is 0 Å². The third-order valence-electron chi connectivity index (χ3n) is 3.11. The molecular weight excluding hydrogens is 248 g/mol. The number of ketones is 1. The van der Waals surface area contributed by atoms with E-state index in [1.807, 2.05) is 0 Å². The zero-order chi connectivity index (χ0) is 14.0. The van der Waals surface area contributed by atoms with Gasteiger partial charge in [0.05, 0.1) is 14.2 Å². The third-order valence-corrected chi connectivity index (χ3v) is 3.11. The predicted octanol–water partition coefficient (Wildman–Crippen LogP) is 1.84. The second-order valence-electron chi connectivity index (χ2n) is 4.20. The number of carboxylic acids is 1. The van der Waals surface area contributed by atoms with Gasteiger partial charge in [0.25, 0.3) is 0 Å². The van der Waals surface area contributed by atoms with Gasteiger partial charge in [-0.1, -0.05) is 0 Å². The Bertz CT molecular complexity index is 571. The predicted molar refractivity (Wildman–Crippen MR) is 67.9 cm³/mol. The van der Waals surface area contributed by atoms with Crippen LogP contribution in [0, 0.1) is 0 Å². The molecule has 1 N–H and O–H groups in total. The van der Waals surface area contributed by atoms with Gasteiger partial charge in [0.2, 0.25) is 0 Å². The summed E-state index contributed by atoms with van der Waals surface area (Å²) >= 11 is 0. The standard InChI is InChI=1S/C14H14O5/c1-18-11-5-8-3-4-9(6-13(15)16)14(17)10(8)7-12(11)19-2/h5-7H,3-4H2,1-2H3,(H,15,16)/b9-6-. The van der Waals surface area contributed by atoms with Crippen LogP contribution in [-0.4, -0.2) is 31.1 Å². The van der Waals surface area contributed by atoms with E-state index in [9.17, 15) is 9.59 Å². The number of hydrogen-bond donors (Lipinski definition) is 1. The monoisotopic (exact) mass is 262 g/mol. The minimum absolute atomic E-state index is 0.260. The van der Waals surface area contributed by atoms with Crippen molar-refractivity contribution in [3.05, 3.63) is 34.9 Å². The Kier molecular flexibility index (Phi) is 3.55. The molecule has 5 nitrogen and oxygen atoms in total. The van der Waals surface area contributed by atoms with Gasteiger partial charge >= 0.3 is 5.97 Å². The summed E-state index contributed by atoms with van der Waals surface area (Å²) in [6.07, 6.45) is 2.01. The van der Waals surface area contributed by atoms with Crippen LogP contribution in [0.4, 0.5) is 0 Å². The van der Waals surface area contributed by atoms with E-state index in [4.69, 9.17) is 14.6 Å². The molecule has 0 aromatic heterocycles. The summed E-state index contributed by atoms with van der Waals surface area (Å²) in [6.45, 7) is 0. The maximum Gasteiger partial charge on any atom is 0.328 e. The molecule has 0 saturated heterocycles. The highest BCUT2D eigenvalue weighted by molar-refractivity contribution is 6.13. The van der Waals surface area contributed by atoms with Crippen LogP contribution in [0.25, 0.3) is 0 Å². The number of ether oxygens (including phenoxy) is 2. The van der Waals surface area contributed by atoms with Crippen LogP contribution in [0.2, 0.25) is 0 Å². The summed E-state index contributed by atoms with van der Waals surface area (Å²) in [4.78, 5) is 22.9. The highest BCUT2D eigenvalue weighted by Gasteiger charge is 2.24. The van der Waals surface area contributed by atoms with Crippen molar-refractivity contribution in [2.45, 2.75) is 12.8 Å². The van der Waals surface area contributed by atoms with Crippen molar-refractivity contribution in [1.29, 1.82) is 0 Å². The first-order valence-corrected chi connectivity index (χ1v) is 5.80. The number of aliphatic carboxylic acids is 1. The van der Waals surface area contributed by atoms with Crippen molar-refractivity contribution in [2.24, 2.45) is 0 Å². The van der Waals surface area contributed by atoms with Gasteiger partial charge in [-0.2, -0.15) is 0 Å². The Balaban J connectivity index is 2.49. The molecule has 0 heterocycles. The van der Waals surface area contributed by atoms with Crippen molar-refractivity contribution < 1.29 is 24.2 Å². The fourth-order valence-electron chi connectivity index (χ4n) is 2.18. The molecule has 0 aliphatic heterocycles. The van der Waals surface area contributed by atoms with Crippen LogP contribution in [0.3, 0.4) is 0 Å². The first-order valence-electron chi connectivity index (χ1n) is 5.80. The molecule has 2 rings (SSSR count). The van der Waals surface area contributed by atoms with Crippen molar-refractivity contribution in [1.82, 2.24) is 0 Å². The highest BCUT2D eigenvalue weighted by atomic mass is 16.5. The number of aryl methyl sites for hydroxylation is 1. The quantitative estimate of drug-likeness (QED) is 0.841. The molecule has 0 unspecified atom stereocenters. The molecular formula is C14H14O5. The second kappa shape index (κ2) is 5.14. The Labute approximate surface area is 110 Å². The van der Waals surface area contributed by atoms with Gasteiger partial charge < -0.3 is 14.6 Å². The zero-order valence-corrected chi connectivity index (χ0v) is 10.7. The van der Waals surface area contributed by atoms with E-state index in [2.05, 4.69) is 0 Å². The van der Waals surface area contributed by atoms with E-state index < -0.39 is 5.97 Å². The number of carbonyl (C=O) groups is 2. The van der Waals surface area contributed by atoms with Crippen molar-refractivity contribution >= 4 is 11.8 Å². The number of Topliss-reactive ketones (excluding diaryl/α,β-unsaturated/α-hetero) is 1. The number of carbonyl (C=O) groups excluding carboxylic acids is 1. The van der Waals surface area contributed by atoms with E-state index in [-0.39, 0.29) is 5.78 Å². The normalized spacial score (nSPS) is 16.1. The van der Waals surface area contributed by atoms with E-state index in [0.717, 1.165) is 11.6 Å². The summed E-state index contributed by atoms with van der Waals surface area (Å²) in [7, 11) is 3.02. The van der Waals surface area contributed by atoms with Gasteiger partial charge in [0.1, 0.15) is 0 Å². The van der Waals surface area contributed by atoms with Crippen LogP contribution in [0.15, 0.2) is 23.8 Å². The SMILES string of the molecule is COc1cc2c(cc1OC)C(=O)/C(=C\C(=O)O)CC2. The lowest BCUT2D eigenvalue weighted by atomic mass is 9.86. The van der Waals surface area contributed by atoms with E-state index >= 15 is 0 Å². The molecule has 0 saturated carbocycles. The topological polar surface area (TPSA) is 72.8 Å². The smallest absolute Gasteiger partial charge is 0.328 e. The minimum Gasteiger partial charge on any atom is -0.493 e. The van der Waals surface area contributed by atoms with Gasteiger partial charge in [-0.05, 0) is 30.5 Å². The van der Waals surface area contributed by atoms with Crippen LogP contribution >= 0.6 is 0 Å². The van der Waals surface area contributed by atoms with Gasteiger partial charge in [-0.15, -0.1) is 0 Å². The third kappa shape index (κ3) is 2.45. The lowest BCUT2D eigenvalue weighted by molar-refractivity contribution is -0.131. The molecule has 1 aliphatic carbocycles. The summed E-state index contributed by atoms with van der Waals surface area (Å²) in [5.74, 6) is -0.331. The van der Waals surface area contributed by atoms with Gasteiger partial charge in [0, 0.05) is 17.2 Å². The van der Waals surface area contributed by atoms with Gasteiger partial charge in [-0.3, -0.25) is 4.79 Å². The van der Waals surface area contributed by atoms with Gasteiger partial charge in [-0.25, -0.2) is 4.79 Å². The molecule has 100 valence electrons. The molecule has 5 heteroatoms. The lowest BCUT2D eigenvalue weighted by Gasteiger charge is -2.19. The maximum absolute atomic E-state index is 12.2. The summed E-state index contributed by atoms with van der Waals surface area (Å²) in [5, 5.41) is 8.74. The average Bonchev–Trinajstić information content (AvgIpc) is 2.40. The van der Waals surface area contributed by atoms with Crippen LogP contribution in [-0.2, 0) is 11.2 Å². The molecule has 19 heavy (non-hydrogen) atoms. The molecule has 1 aromatic rings. The Morgan fingerprint density at radius 1 is 1.21 bits per heavy atom. The van der Waals surface area contributed by atoms with E-state index in [0.29, 0.717) is 35.5 Å². The fraction of sp³-hybridized carbons (Fsp3) is 0.286. The molecule has 0 bridgehead atoms. The van der Waals surface area contributed by atoms with Crippen molar-refractivity contribution in [2.75, 3.05) is 14.2 Å². The first-order chi connectivity index (χ1) is 9.06. The zero-order valence-electron chi connectivity index (χ0n) is 10.7. The Morgan fingerprint density at radius 2 is 1.84 bits per heavy atom. The van der Waals surface area contributed by atoms with E-state index in [1.165, 1.54) is 14.2 Å². The van der Waals surface area contributed by atoms with Crippen LogP contribution < -0.4 is 9.47 Å². The second-order valence-corrected chi connectivity index (χ2v) is 4.20. The molecule has 0 fully saturated rings. The van der Waals surface area contributed by atoms with Crippen molar-refractivity contribution in [3.8, 4) is 11.5 Å². The van der Waals surface area contributed by atoms with Crippen LogP contribution in [0.1, 0.15) is 22.3 Å². The number of methoxy groups -OCH3 is 2. The summed E-state index contributed by atoms with van der Waals surface area (Å²) in [5.41, 5.74) is 1.65. The average molecular weight is 262 g/mol. The van der Waals surface area contributed by atoms with Crippen LogP contribution in [0.5, 0.6) is 11.5 Å². The number of allylic oxidation sites excluding steroid dienone is 1. The fourth-order valence-corrected chi connectivity index (χ4v) is 2.18. The maximum atomic E-state index is 12.2. The molecule has 0 amide bonds. The first kappa shape index (κ1) is 13.1. The Hall–Kier alpha value is -2.30. The highest BCUT2D eigenvalue weighted by Crippen LogP contribution is 2.35. The largest absolute Gasteiger partial charge is 0.493 e. The lowest BCUT2D eigenvalue weighted by Crippen LogP contribution is -2.16. The number of fused-ring (bicyclic) bond motifs is 1. The number of hydrogen-bond acceptors (Lipinski definition) is 4. The summed E-state index contributed by atoms with van der Waals surface area (Å²) < 4.78 is 10.3. The molecule has 0 radical (unpaired) electrons. The number of benzene rings is 1.